The summed E-state index contributed by atoms with van der Waals surface area (Å²) >= 11 is 1.91. The van der Waals surface area contributed by atoms with Gasteiger partial charge in [-0.05, 0) is 20.8 Å². The lowest BCUT2D eigenvalue weighted by molar-refractivity contribution is 0.0513. The van der Waals surface area contributed by atoms with Crippen LogP contribution in [0.15, 0.2) is 0 Å². The van der Waals surface area contributed by atoms with Crippen molar-refractivity contribution < 1.29 is 14.6 Å². The molecule has 0 fully saturated rings. The van der Waals surface area contributed by atoms with E-state index in [0.717, 1.165) is 0 Å². The maximum absolute atomic E-state index is 11.0. The van der Waals surface area contributed by atoms with E-state index in [1.54, 1.807) is 20.8 Å². The molecule has 72 valence electrons. The molecule has 0 unspecified atom stereocenters. The highest BCUT2D eigenvalue weighted by molar-refractivity contribution is 14.1. The number of alkyl carbamates (subject to hydrolysis) is 1. The molecular formula is C7H14INO3. The second-order valence-corrected chi connectivity index (χ2v) is 4.80. The Labute approximate surface area is 85.8 Å². The molecule has 0 radical (unpaired) electrons. The average Bonchev–Trinajstić information content (AvgIpc) is 1.82. The zero-order chi connectivity index (χ0) is 9.78. The van der Waals surface area contributed by atoms with Crippen molar-refractivity contribution in [2.75, 3.05) is 6.61 Å². The van der Waals surface area contributed by atoms with Crippen molar-refractivity contribution in [3.05, 3.63) is 0 Å². The fourth-order valence-corrected chi connectivity index (χ4v) is 0.735. The van der Waals surface area contributed by atoms with Crippen LogP contribution in [-0.4, -0.2) is 27.5 Å². The number of rotatable bonds is 2. The quantitative estimate of drug-likeness (QED) is 0.457. The standard InChI is InChI=1S/C7H14INO3/c1-7(2,3)12-6(11)9-5(8)4-10/h5,10H,4H2,1-3H3,(H,9,11)/t5-/m1/s1. The molecule has 0 aliphatic rings. The predicted molar refractivity (Wildman–Crippen MR) is 54.3 cm³/mol. The Hall–Kier alpha value is -0.0400. The number of ether oxygens (including phenoxy) is 1. The van der Waals surface area contributed by atoms with Crippen molar-refractivity contribution in [3.8, 4) is 0 Å². The van der Waals surface area contributed by atoms with Crippen LogP contribution in [0.3, 0.4) is 0 Å². The molecule has 0 spiro atoms. The molecule has 0 aliphatic heterocycles. The minimum atomic E-state index is -0.504. The summed E-state index contributed by atoms with van der Waals surface area (Å²) in [7, 11) is 0. The topological polar surface area (TPSA) is 58.6 Å². The molecule has 1 atom stereocenters. The molecule has 0 heterocycles. The van der Waals surface area contributed by atoms with Gasteiger partial charge in [-0.15, -0.1) is 0 Å². The van der Waals surface area contributed by atoms with Crippen LogP contribution >= 0.6 is 22.6 Å². The Morgan fingerprint density at radius 3 is 2.50 bits per heavy atom. The van der Waals surface area contributed by atoms with Crippen molar-refractivity contribution in [2.24, 2.45) is 0 Å². The Kier molecular flexibility index (Phi) is 4.84. The summed E-state index contributed by atoms with van der Waals surface area (Å²) in [4.78, 5) is 11.0. The summed E-state index contributed by atoms with van der Waals surface area (Å²) in [5.74, 6) is 0. The highest BCUT2D eigenvalue weighted by Gasteiger charge is 2.17. The predicted octanol–water partition coefficient (Wildman–Crippen LogP) is 1.26. The summed E-state index contributed by atoms with van der Waals surface area (Å²) in [6, 6.07) is 0. The summed E-state index contributed by atoms with van der Waals surface area (Å²) in [6.07, 6.45) is -0.504. The smallest absolute Gasteiger partial charge is 0.408 e. The van der Waals surface area contributed by atoms with Gasteiger partial charge in [-0.2, -0.15) is 0 Å². The van der Waals surface area contributed by atoms with E-state index in [2.05, 4.69) is 5.32 Å². The van der Waals surface area contributed by atoms with Gasteiger partial charge in [0.25, 0.3) is 0 Å². The Balaban J connectivity index is 3.75. The number of carbonyl (C=O) groups is 1. The molecular weight excluding hydrogens is 273 g/mol. The third-order valence-electron chi connectivity index (χ3n) is 0.834. The number of aliphatic hydroxyl groups is 1. The van der Waals surface area contributed by atoms with Gasteiger partial charge in [-0.1, -0.05) is 22.6 Å². The van der Waals surface area contributed by atoms with Gasteiger partial charge in [0.2, 0.25) is 0 Å². The lowest BCUT2D eigenvalue weighted by Crippen LogP contribution is -2.37. The van der Waals surface area contributed by atoms with Crippen molar-refractivity contribution in [1.82, 2.24) is 5.32 Å². The summed E-state index contributed by atoms with van der Waals surface area (Å²) in [6.45, 7) is 5.26. The van der Waals surface area contributed by atoms with Crippen LogP contribution in [-0.2, 0) is 4.74 Å². The number of amides is 1. The molecule has 0 rings (SSSR count). The number of aliphatic hydroxyl groups excluding tert-OH is 1. The van der Waals surface area contributed by atoms with Gasteiger partial charge in [-0.25, -0.2) is 4.79 Å². The molecule has 0 aromatic rings. The molecule has 0 saturated carbocycles. The van der Waals surface area contributed by atoms with Gasteiger partial charge in [0.05, 0.1) is 6.61 Å². The number of halogens is 1. The van der Waals surface area contributed by atoms with Crippen molar-refractivity contribution in [3.63, 3.8) is 0 Å². The minimum absolute atomic E-state index is 0.0974. The summed E-state index contributed by atoms with van der Waals surface area (Å²) in [5.41, 5.74) is -0.490. The van der Waals surface area contributed by atoms with E-state index in [-0.39, 0.29) is 10.7 Å². The van der Waals surface area contributed by atoms with E-state index < -0.39 is 11.7 Å². The zero-order valence-corrected chi connectivity index (χ0v) is 9.58. The lowest BCUT2D eigenvalue weighted by Gasteiger charge is -2.20. The number of hydrogen-bond acceptors (Lipinski definition) is 3. The van der Waals surface area contributed by atoms with Gasteiger partial charge >= 0.3 is 6.09 Å². The molecule has 0 aliphatic carbocycles. The van der Waals surface area contributed by atoms with Crippen LogP contribution in [0.2, 0.25) is 0 Å². The first-order valence-electron chi connectivity index (χ1n) is 3.59. The van der Waals surface area contributed by atoms with E-state index in [1.807, 2.05) is 22.6 Å². The van der Waals surface area contributed by atoms with Gasteiger partial charge in [-0.3, -0.25) is 0 Å². The molecule has 2 N–H and O–H groups in total. The van der Waals surface area contributed by atoms with Crippen molar-refractivity contribution >= 4 is 28.7 Å². The fraction of sp³-hybridized carbons (Fsp3) is 0.857. The van der Waals surface area contributed by atoms with Crippen LogP contribution in [0.1, 0.15) is 20.8 Å². The number of nitrogens with one attached hydrogen (secondary N) is 1. The van der Waals surface area contributed by atoms with Crippen molar-refractivity contribution in [2.45, 2.75) is 30.4 Å². The Morgan fingerprint density at radius 2 is 2.17 bits per heavy atom. The molecule has 4 nitrogen and oxygen atoms in total. The van der Waals surface area contributed by atoms with E-state index in [0.29, 0.717) is 0 Å². The Bertz CT molecular complexity index is 155. The van der Waals surface area contributed by atoms with E-state index in [4.69, 9.17) is 9.84 Å². The van der Waals surface area contributed by atoms with Gasteiger partial charge in [0.1, 0.15) is 9.65 Å². The first-order valence-corrected chi connectivity index (χ1v) is 4.84. The maximum atomic E-state index is 11.0. The number of carbonyl (C=O) groups excluding carboxylic acids is 1. The minimum Gasteiger partial charge on any atom is -0.444 e. The molecule has 0 aromatic heterocycles. The maximum Gasteiger partial charge on any atom is 0.408 e. The lowest BCUT2D eigenvalue weighted by atomic mass is 10.2. The summed E-state index contributed by atoms with van der Waals surface area (Å²) in [5, 5.41) is 11.1. The normalized spacial score (nSPS) is 13.8. The van der Waals surface area contributed by atoms with Gasteiger partial charge < -0.3 is 15.2 Å². The zero-order valence-electron chi connectivity index (χ0n) is 7.43. The van der Waals surface area contributed by atoms with Gasteiger partial charge in [0, 0.05) is 0 Å². The molecule has 1 amide bonds. The first-order chi connectivity index (χ1) is 5.35. The molecule has 0 saturated heterocycles. The van der Waals surface area contributed by atoms with E-state index >= 15 is 0 Å². The highest BCUT2D eigenvalue weighted by Crippen LogP contribution is 2.07. The molecule has 0 bridgehead atoms. The van der Waals surface area contributed by atoms with E-state index in [9.17, 15) is 4.79 Å². The number of hydrogen-bond donors (Lipinski definition) is 2. The largest absolute Gasteiger partial charge is 0.444 e. The highest BCUT2D eigenvalue weighted by atomic mass is 127. The van der Waals surface area contributed by atoms with Crippen LogP contribution in [0.4, 0.5) is 4.79 Å². The second kappa shape index (κ2) is 4.86. The number of alkyl halides is 1. The average molecular weight is 287 g/mol. The Morgan fingerprint density at radius 1 is 1.67 bits per heavy atom. The monoisotopic (exact) mass is 287 g/mol. The second-order valence-electron chi connectivity index (χ2n) is 3.30. The third-order valence-corrected chi connectivity index (χ3v) is 1.54. The summed E-state index contributed by atoms with van der Waals surface area (Å²) < 4.78 is 4.65. The molecule has 0 aromatic carbocycles. The molecule has 5 heteroatoms. The van der Waals surface area contributed by atoms with Crippen molar-refractivity contribution in [1.29, 1.82) is 0 Å². The fourth-order valence-electron chi connectivity index (χ4n) is 0.481. The first kappa shape index (κ1) is 12.0. The van der Waals surface area contributed by atoms with E-state index in [1.165, 1.54) is 0 Å². The SMILES string of the molecule is CC(C)(C)OC(=O)N[C@@H](I)CO. The van der Waals surface area contributed by atoms with Crippen LogP contribution in [0, 0.1) is 0 Å². The van der Waals surface area contributed by atoms with Crippen LogP contribution < -0.4 is 5.32 Å². The van der Waals surface area contributed by atoms with Gasteiger partial charge in [0.15, 0.2) is 0 Å². The molecule has 12 heavy (non-hydrogen) atoms. The third kappa shape index (κ3) is 6.66. The van der Waals surface area contributed by atoms with Crippen LogP contribution in [0.5, 0.6) is 0 Å². The van der Waals surface area contributed by atoms with Crippen LogP contribution in [0.25, 0.3) is 0 Å².